The first-order valence-electron chi connectivity index (χ1n) is 7.68. The van der Waals surface area contributed by atoms with Gasteiger partial charge in [-0.3, -0.25) is 9.59 Å². The highest BCUT2D eigenvalue weighted by Crippen LogP contribution is 2.47. The highest BCUT2D eigenvalue weighted by Gasteiger charge is 2.36. The molecule has 1 aromatic heterocycles. The predicted octanol–water partition coefficient (Wildman–Crippen LogP) is 2.83. The maximum absolute atomic E-state index is 12.1. The fraction of sp³-hybridized carbons (Fsp3) is 0.529. The highest BCUT2D eigenvalue weighted by atomic mass is 16.5. The standard InChI is InChI=1S/C17H23NO4/c1-4-18(10-9-17(20)21-3)16(19)8-6-13-5-7-15(22-13)14-11-12(14)2/h5-8,12,14H,4,9-11H2,1-3H3/b8-6+. The van der Waals surface area contributed by atoms with E-state index in [4.69, 9.17) is 4.42 Å². The number of esters is 1. The van der Waals surface area contributed by atoms with Crippen molar-refractivity contribution >= 4 is 18.0 Å². The van der Waals surface area contributed by atoms with E-state index >= 15 is 0 Å². The first kappa shape index (κ1) is 16.3. The average molecular weight is 305 g/mol. The van der Waals surface area contributed by atoms with Gasteiger partial charge in [-0.15, -0.1) is 0 Å². The predicted molar refractivity (Wildman–Crippen MR) is 83.2 cm³/mol. The van der Waals surface area contributed by atoms with Gasteiger partial charge in [0.15, 0.2) is 0 Å². The number of nitrogens with zero attached hydrogens (tertiary/aromatic N) is 1. The monoisotopic (exact) mass is 305 g/mol. The van der Waals surface area contributed by atoms with Crippen LogP contribution in [0.4, 0.5) is 0 Å². The molecule has 1 fully saturated rings. The van der Waals surface area contributed by atoms with E-state index in [1.165, 1.54) is 19.6 Å². The smallest absolute Gasteiger partial charge is 0.307 e. The van der Waals surface area contributed by atoms with Crippen molar-refractivity contribution in [2.24, 2.45) is 5.92 Å². The molecule has 2 unspecified atom stereocenters. The summed E-state index contributed by atoms with van der Waals surface area (Å²) >= 11 is 0. The summed E-state index contributed by atoms with van der Waals surface area (Å²) < 4.78 is 10.3. The second kappa shape index (κ2) is 7.29. The molecule has 0 spiro atoms. The Labute approximate surface area is 130 Å². The van der Waals surface area contributed by atoms with Gasteiger partial charge in [0.05, 0.1) is 13.5 Å². The Morgan fingerprint density at radius 3 is 2.77 bits per heavy atom. The van der Waals surface area contributed by atoms with Gasteiger partial charge in [0, 0.05) is 25.1 Å². The van der Waals surface area contributed by atoms with Crippen molar-refractivity contribution in [1.82, 2.24) is 4.90 Å². The van der Waals surface area contributed by atoms with Crippen LogP contribution in [-0.2, 0) is 14.3 Å². The van der Waals surface area contributed by atoms with Gasteiger partial charge in [-0.2, -0.15) is 0 Å². The molecule has 120 valence electrons. The van der Waals surface area contributed by atoms with Gasteiger partial charge in [-0.1, -0.05) is 6.92 Å². The Bertz CT molecular complexity index is 561. The number of carbonyl (C=O) groups is 2. The number of hydrogen-bond donors (Lipinski definition) is 0. The van der Waals surface area contributed by atoms with Crippen LogP contribution in [0.1, 0.15) is 44.1 Å². The van der Waals surface area contributed by atoms with E-state index in [1.807, 2.05) is 19.1 Å². The number of carbonyl (C=O) groups excluding carboxylic acids is 2. The summed E-state index contributed by atoms with van der Waals surface area (Å²) in [7, 11) is 1.34. The number of amides is 1. The lowest BCUT2D eigenvalue weighted by molar-refractivity contribution is -0.141. The van der Waals surface area contributed by atoms with Gasteiger partial charge in [-0.25, -0.2) is 0 Å². The molecule has 1 aliphatic carbocycles. The molecule has 0 radical (unpaired) electrons. The Kier molecular flexibility index (Phi) is 5.41. The first-order valence-corrected chi connectivity index (χ1v) is 7.68. The molecular formula is C17H23NO4. The van der Waals surface area contributed by atoms with Crippen LogP contribution in [0, 0.1) is 5.92 Å². The zero-order valence-electron chi connectivity index (χ0n) is 13.4. The molecular weight excluding hydrogens is 282 g/mol. The van der Waals surface area contributed by atoms with E-state index in [0.29, 0.717) is 30.7 Å². The van der Waals surface area contributed by atoms with E-state index < -0.39 is 0 Å². The molecule has 1 heterocycles. The van der Waals surface area contributed by atoms with Crippen LogP contribution in [0.3, 0.4) is 0 Å². The van der Waals surface area contributed by atoms with Gasteiger partial charge in [-0.05, 0) is 37.5 Å². The molecule has 22 heavy (non-hydrogen) atoms. The van der Waals surface area contributed by atoms with Gasteiger partial charge in [0.2, 0.25) is 5.91 Å². The van der Waals surface area contributed by atoms with Crippen LogP contribution in [0.15, 0.2) is 22.6 Å². The van der Waals surface area contributed by atoms with Crippen LogP contribution in [0.5, 0.6) is 0 Å². The average Bonchev–Trinajstić information content (AvgIpc) is 3.06. The number of likely N-dealkylation sites (N-methyl/N-ethyl adjacent to an activating group) is 1. The topological polar surface area (TPSA) is 59.8 Å². The molecule has 1 saturated carbocycles. The fourth-order valence-corrected chi connectivity index (χ4v) is 2.39. The minimum atomic E-state index is -0.315. The van der Waals surface area contributed by atoms with Crippen molar-refractivity contribution in [3.8, 4) is 0 Å². The molecule has 2 rings (SSSR count). The van der Waals surface area contributed by atoms with Crippen molar-refractivity contribution < 1.29 is 18.7 Å². The van der Waals surface area contributed by atoms with Gasteiger partial charge in [0.25, 0.3) is 0 Å². The maximum atomic E-state index is 12.1. The van der Waals surface area contributed by atoms with Gasteiger partial charge < -0.3 is 14.1 Å². The summed E-state index contributed by atoms with van der Waals surface area (Å²) in [5.74, 6) is 2.46. The number of hydrogen-bond acceptors (Lipinski definition) is 4. The Morgan fingerprint density at radius 2 is 2.18 bits per heavy atom. The molecule has 5 heteroatoms. The second-order valence-electron chi connectivity index (χ2n) is 5.64. The van der Waals surface area contributed by atoms with Crippen molar-refractivity contribution in [2.45, 2.75) is 32.6 Å². The van der Waals surface area contributed by atoms with E-state index in [9.17, 15) is 9.59 Å². The summed E-state index contributed by atoms with van der Waals surface area (Å²) in [6.45, 7) is 4.98. The number of furan rings is 1. The van der Waals surface area contributed by atoms with Crippen molar-refractivity contribution in [3.05, 3.63) is 29.7 Å². The minimum absolute atomic E-state index is 0.135. The third kappa shape index (κ3) is 4.23. The Morgan fingerprint density at radius 1 is 1.45 bits per heavy atom. The third-order valence-electron chi connectivity index (χ3n) is 4.02. The summed E-state index contributed by atoms with van der Waals surface area (Å²) in [5, 5.41) is 0. The Hall–Kier alpha value is -2.04. The number of rotatable bonds is 7. The number of methoxy groups -OCH3 is 1. The normalized spacial score (nSPS) is 20.1. The lowest BCUT2D eigenvalue weighted by Gasteiger charge is -2.18. The fourth-order valence-electron chi connectivity index (χ4n) is 2.39. The van der Waals surface area contributed by atoms with Gasteiger partial charge >= 0.3 is 5.97 Å². The summed E-state index contributed by atoms with van der Waals surface area (Å²) in [6, 6.07) is 3.86. The van der Waals surface area contributed by atoms with Crippen molar-refractivity contribution in [2.75, 3.05) is 20.2 Å². The maximum Gasteiger partial charge on any atom is 0.307 e. The molecule has 1 amide bonds. The van der Waals surface area contributed by atoms with E-state index in [1.54, 1.807) is 11.0 Å². The van der Waals surface area contributed by atoms with Crippen LogP contribution < -0.4 is 0 Å². The molecule has 0 aromatic carbocycles. The SMILES string of the molecule is CCN(CCC(=O)OC)C(=O)/C=C/c1ccc(C2CC2C)o1. The molecule has 5 nitrogen and oxygen atoms in total. The summed E-state index contributed by atoms with van der Waals surface area (Å²) in [6.07, 6.45) is 4.54. The zero-order valence-corrected chi connectivity index (χ0v) is 13.4. The molecule has 0 saturated heterocycles. The van der Waals surface area contributed by atoms with E-state index in [2.05, 4.69) is 11.7 Å². The van der Waals surface area contributed by atoms with E-state index in [0.717, 1.165) is 5.76 Å². The quantitative estimate of drug-likeness (QED) is 0.574. The largest absolute Gasteiger partial charge is 0.469 e. The lowest BCUT2D eigenvalue weighted by atomic mass is 10.3. The Balaban J connectivity index is 1.88. The summed E-state index contributed by atoms with van der Waals surface area (Å²) in [5.41, 5.74) is 0. The number of ether oxygens (including phenoxy) is 1. The molecule has 0 bridgehead atoms. The molecule has 1 aliphatic rings. The molecule has 1 aromatic rings. The minimum Gasteiger partial charge on any atom is -0.469 e. The van der Waals surface area contributed by atoms with E-state index in [-0.39, 0.29) is 18.3 Å². The van der Waals surface area contributed by atoms with Gasteiger partial charge in [0.1, 0.15) is 11.5 Å². The van der Waals surface area contributed by atoms with Crippen LogP contribution in [-0.4, -0.2) is 37.0 Å². The second-order valence-corrected chi connectivity index (χ2v) is 5.64. The van der Waals surface area contributed by atoms with Crippen LogP contribution in [0.25, 0.3) is 6.08 Å². The summed E-state index contributed by atoms with van der Waals surface area (Å²) in [4.78, 5) is 24.8. The van der Waals surface area contributed by atoms with Crippen LogP contribution in [0.2, 0.25) is 0 Å². The molecule has 0 aliphatic heterocycles. The lowest BCUT2D eigenvalue weighted by Crippen LogP contribution is -2.31. The molecule has 0 N–H and O–H groups in total. The zero-order chi connectivity index (χ0) is 16.1. The molecule has 2 atom stereocenters. The van der Waals surface area contributed by atoms with Crippen LogP contribution >= 0.6 is 0 Å². The highest BCUT2D eigenvalue weighted by molar-refractivity contribution is 5.91. The first-order chi connectivity index (χ1) is 10.5. The third-order valence-corrected chi connectivity index (χ3v) is 4.02. The van der Waals surface area contributed by atoms with Crippen molar-refractivity contribution in [3.63, 3.8) is 0 Å². The van der Waals surface area contributed by atoms with Crippen molar-refractivity contribution in [1.29, 1.82) is 0 Å².